The first-order valence-corrected chi connectivity index (χ1v) is 5.67. The number of aldehydes is 1. The average molecular weight is 262 g/mol. The largest absolute Gasteiger partial charge is 0.345 e. The molecule has 98 valence electrons. The first kappa shape index (κ1) is 12.9. The van der Waals surface area contributed by atoms with Gasteiger partial charge in [-0.25, -0.2) is 0 Å². The Labute approximate surface area is 108 Å². The van der Waals surface area contributed by atoms with E-state index in [1.807, 2.05) is 6.92 Å². The predicted octanol–water partition coefficient (Wildman–Crippen LogP) is 3.03. The highest BCUT2D eigenvalue weighted by atomic mass is 19.1. The number of nitro benzene ring substituents is 1. The minimum absolute atomic E-state index is 0.427. The molecule has 0 radical (unpaired) electrons. The Bertz CT molecular complexity index is 649. The number of halogens is 1. The summed E-state index contributed by atoms with van der Waals surface area (Å²) in [6.07, 6.45) is 2.41. The summed E-state index contributed by atoms with van der Waals surface area (Å²) in [5.74, 6) is -0.913. The van der Waals surface area contributed by atoms with Crippen molar-refractivity contribution in [2.75, 3.05) is 0 Å². The van der Waals surface area contributed by atoms with Crippen molar-refractivity contribution in [3.8, 4) is 11.1 Å². The van der Waals surface area contributed by atoms with Crippen LogP contribution in [0.15, 0.2) is 30.5 Å². The molecule has 19 heavy (non-hydrogen) atoms. The van der Waals surface area contributed by atoms with Crippen molar-refractivity contribution in [1.29, 1.82) is 0 Å². The fourth-order valence-electron chi connectivity index (χ4n) is 1.96. The summed E-state index contributed by atoms with van der Waals surface area (Å²) in [4.78, 5) is 20.8. The molecule has 2 rings (SSSR count). The van der Waals surface area contributed by atoms with Gasteiger partial charge in [0.2, 0.25) is 5.82 Å². The predicted molar refractivity (Wildman–Crippen MR) is 67.5 cm³/mol. The molecule has 0 amide bonds. The maximum absolute atomic E-state index is 13.6. The third-order valence-electron chi connectivity index (χ3n) is 2.91. The monoisotopic (exact) mass is 262 g/mol. The van der Waals surface area contributed by atoms with E-state index in [2.05, 4.69) is 0 Å². The third kappa shape index (κ3) is 2.24. The molecule has 0 unspecified atom stereocenters. The van der Waals surface area contributed by atoms with E-state index in [0.29, 0.717) is 29.7 Å². The number of hydrogen-bond donors (Lipinski definition) is 0. The first-order valence-electron chi connectivity index (χ1n) is 5.67. The van der Waals surface area contributed by atoms with Crippen LogP contribution in [0.4, 0.5) is 10.1 Å². The molecule has 1 aromatic heterocycles. The maximum Gasteiger partial charge on any atom is 0.304 e. The molecule has 0 saturated heterocycles. The highest BCUT2D eigenvalue weighted by Gasteiger charge is 2.16. The molecule has 0 atom stereocenters. The molecule has 0 aliphatic carbocycles. The third-order valence-corrected chi connectivity index (χ3v) is 2.91. The minimum Gasteiger partial charge on any atom is -0.345 e. The van der Waals surface area contributed by atoms with E-state index in [-0.39, 0.29) is 0 Å². The summed E-state index contributed by atoms with van der Waals surface area (Å²) in [6, 6.07) is 5.29. The maximum atomic E-state index is 13.6. The molecule has 0 aliphatic heterocycles. The van der Waals surface area contributed by atoms with E-state index in [9.17, 15) is 19.3 Å². The summed E-state index contributed by atoms with van der Waals surface area (Å²) >= 11 is 0. The molecule has 0 N–H and O–H groups in total. The van der Waals surface area contributed by atoms with Crippen LogP contribution in [0.5, 0.6) is 0 Å². The molecule has 0 spiro atoms. The lowest BCUT2D eigenvalue weighted by Crippen LogP contribution is -1.99. The molecule has 0 fully saturated rings. The number of carbonyl (C=O) groups excluding carboxylic acids is 1. The van der Waals surface area contributed by atoms with Crippen LogP contribution in [0.2, 0.25) is 0 Å². The van der Waals surface area contributed by atoms with E-state index in [0.717, 1.165) is 12.1 Å². The Morgan fingerprint density at radius 1 is 1.42 bits per heavy atom. The number of hydrogen-bond acceptors (Lipinski definition) is 3. The Morgan fingerprint density at radius 3 is 2.68 bits per heavy atom. The molecule has 0 saturated carbocycles. The lowest BCUT2D eigenvalue weighted by Gasteiger charge is -2.04. The van der Waals surface area contributed by atoms with Gasteiger partial charge < -0.3 is 4.57 Å². The number of carbonyl (C=O) groups is 1. The highest BCUT2D eigenvalue weighted by molar-refractivity contribution is 5.86. The normalized spacial score (nSPS) is 10.4. The van der Waals surface area contributed by atoms with Gasteiger partial charge in [0.1, 0.15) is 0 Å². The molecular formula is C13H11FN2O3. The Balaban J connectivity index is 2.54. The van der Waals surface area contributed by atoms with Crippen molar-refractivity contribution < 1.29 is 14.1 Å². The highest BCUT2D eigenvalue weighted by Crippen LogP contribution is 2.28. The van der Waals surface area contributed by atoms with Crippen LogP contribution in [0.1, 0.15) is 17.4 Å². The van der Waals surface area contributed by atoms with Gasteiger partial charge in [0.05, 0.1) is 10.6 Å². The topological polar surface area (TPSA) is 65.1 Å². The van der Waals surface area contributed by atoms with Crippen LogP contribution in [0, 0.1) is 15.9 Å². The average Bonchev–Trinajstić information content (AvgIpc) is 2.80. The summed E-state index contributed by atoms with van der Waals surface area (Å²) in [7, 11) is 0. The van der Waals surface area contributed by atoms with Gasteiger partial charge in [0.25, 0.3) is 0 Å². The van der Waals surface area contributed by atoms with Crippen LogP contribution < -0.4 is 0 Å². The van der Waals surface area contributed by atoms with Gasteiger partial charge in [0.15, 0.2) is 6.29 Å². The molecule has 1 heterocycles. The molecule has 0 aliphatic rings. The number of nitro groups is 1. The zero-order chi connectivity index (χ0) is 14.0. The van der Waals surface area contributed by atoms with Gasteiger partial charge in [-0.3, -0.25) is 14.9 Å². The molecular weight excluding hydrogens is 251 g/mol. The van der Waals surface area contributed by atoms with Crippen LogP contribution in [0.3, 0.4) is 0 Å². The van der Waals surface area contributed by atoms with E-state index < -0.39 is 16.4 Å². The standard InChI is InChI=1S/C13H11FN2O3/c1-2-15-6-5-10(13(15)8-17)9-3-4-12(16(18)19)11(14)7-9/h3-8H,2H2,1H3. The minimum atomic E-state index is -0.913. The second-order valence-electron chi connectivity index (χ2n) is 3.94. The number of nitrogens with zero attached hydrogens (tertiary/aromatic N) is 2. The van der Waals surface area contributed by atoms with Gasteiger partial charge in [-0.2, -0.15) is 4.39 Å². The zero-order valence-corrected chi connectivity index (χ0v) is 10.2. The second-order valence-corrected chi connectivity index (χ2v) is 3.94. The van der Waals surface area contributed by atoms with Crippen LogP contribution in [-0.4, -0.2) is 15.8 Å². The number of aryl methyl sites for hydroxylation is 1. The quantitative estimate of drug-likeness (QED) is 0.483. The Morgan fingerprint density at radius 2 is 2.16 bits per heavy atom. The molecule has 0 bridgehead atoms. The fourth-order valence-corrected chi connectivity index (χ4v) is 1.96. The van der Waals surface area contributed by atoms with Crippen molar-refractivity contribution in [2.24, 2.45) is 0 Å². The van der Waals surface area contributed by atoms with Gasteiger partial charge >= 0.3 is 5.69 Å². The van der Waals surface area contributed by atoms with Crippen LogP contribution in [0.25, 0.3) is 11.1 Å². The summed E-state index contributed by atoms with van der Waals surface area (Å²) in [5.41, 5.74) is 0.852. The number of aromatic nitrogens is 1. The number of benzene rings is 1. The van der Waals surface area contributed by atoms with E-state index in [1.54, 1.807) is 16.8 Å². The molecule has 1 aromatic carbocycles. The van der Waals surface area contributed by atoms with Crippen molar-refractivity contribution in [3.05, 3.63) is 52.1 Å². The molecule has 6 heteroatoms. The van der Waals surface area contributed by atoms with Gasteiger partial charge in [-0.15, -0.1) is 0 Å². The lowest BCUT2D eigenvalue weighted by atomic mass is 10.1. The Kier molecular flexibility index (Phi) is 3.41. The SMILES string of the molecule is CCn1ccc(-c2ccc([N+](=O)[O-])c(F)c2)c1C=O. The zero-order valence-electron chi connectivity index (χ0n) is 10.2. The molecule has 5 nitrogen and oxygen atoms in total. The smallest absolute Gasteiger partial charge is 0.304 e. The van der Waals surface area contributed by atoms with Crippen molar-refractivity contribution in [2.45, 2.75) is 13.5 Å². The first-order chi connectivity index (χ1) is 9.08. The fraction of sp³-hybridized carbons (Fsp3) is 0.154. The van der Waals surface area contributed by atoms with Gasteiger partial charge in [0, 0.05) is 24.4 Å². The van der Waals surface area contributed by atoms with Crippen molar-refractivity contribution in [3.63, 3.8) is 0 Å². The Hall–Kier alpha value is -2.50. The summed E-state index contributed by atoms with van der Waals surface area (Å²) in [6.45, 7) is 2.50. The van der Waals surface area contributed by atoms with Gasteiger partial charge in [-0.1, -0.05) is 0 Å². The van der Waals surface area contributed by atoms with Crippen LogP contribution >= 0.6 is 0 Å². The van der Waals surface area contributed by atoms with Crippen molar-refractivity contribution >= 4 is 12.0 Å². The van der Waals surface area contributed by atoms with E-state index in [4.69, 9.17) is 0 Å². The van der Waals surface area contributed by atoms with Crippen molar-refractivity contribution in [1.82, 2.24) is 4.57 Å². The lowest BCUT2D eigenvalue weighted by molar-refractivity contribution is -0.387. The number of rotatable bonds is 4. The summed E-state index contributed by atoms with van der Waals surface area (Å²) < 4.78 is 15.3. The molecule has 2 aromatic rings. The van der Waals surface area contributed by atoms with Gasteiger partial charge in [-0.05, 0) is 30.7 Å². The summed E-state index contributed by atoms with van der Waals surface area (Å²) in [5, 5.41) is 10.5. The van der Waals surface area contributed by atoms with Crippen LogP contribution in [-0.2, 0) is 6.54 Å². The van der Waals surface area contributed by atoms with E-state index in [1.165, 1.54) is 6.07 Å². The second kappa shape index (κ2) is 5.01. The van der Waals surface area contributed by atoms with E-state index >= 15 is 0 Å².